The van der Waals surface area contributed by atoms with Gasteiger partial charge in [-0.1, -0.05) is 70.9 Å². The van der Waals surface area contributed by atoms with Crippen LogP contribution >= 0.6 is 45.8 Å². The Bertz CT molecular complexity index is 1030. The number of halogens is 3. The number of benzene rings is 1. The standard InChI is InChI=1S/C28H38Cl2IN5O/c1-20-6-7-21(13-27(20)23-5-3-9-33-17-23)22(8-12-32-10-4-11-34-19-31)18-35-28(2,37)36-26-15-24(29)14-25(30)16-26/h3,5,7,9,13-17,20,22,32,34-37H,4,6,8,10-12,18-19H2,1-2H3. The molecule has 37 heavy (non-hydrogen) atoms. The number of nitrogens with one attached hydrogen (secondary N) is 4. The number of anilines is 1. The molecule has 0 bridgehead atoms. The largest absolute Gasteiger partial charge is 0.359 e. The Kier molecular flexibility index (Phi) is 12.6. The van der Waals surface area contributed by atoms with Crippen molar-refractivity contribution in [3.63, 3.8) is 0 Å². The molecule has 1 aromatic heterocycles. The summed E-state index contributed by atoms with van der Waals surface area (Å²) in [6, 6.07) is 9.27. The van der Waals surface area contributed by atoms with E-state index in [0.29, 0.717) is 28.2 Å². The fraction of sp³-hybridized carbons (Fsp3) is 0.464. The van der Waals surface area contributed by atoms with Crippen molar-refractivity contribution in [2.45, 2.75) is 39.0 Å². The lowest BCUT2D eigenvalue weighted by Crippen LogP contribution is -2.51. The number of hydrogen-bond donors (Lipinski definition) is 5. The highest BCUT2D eigenvalue weighted by molar-refractivity contribution is 14.1. The number of hydrogen-bond acceptors (Lipinski definition) is 6. The van der Waals surface area contributed by atoms with E-state index in [1.165, 1.54) is 16.7 Å². The number of aromatic nitrogens is 1. The molecule has 1 aliphatic rings. The topological polar surface area (TPSA) is 81.2 Å². The quantitative estimate of drug-likeness (QED) is 0.0526. The number of allylic oxidation sites excluding steroid dienone is 3. The summed E-state index contributed by atoms with van der Waals surface area (Å²) in [6.07, 6.45) is 11.4. The molecule has 0 saturated heterocycles. The second-order valence-corrected chi connectivity index (χ2v) is 11.3. The van der Waals surface area contributed by atoms with Crippen LogP contribution in [0.3, 0.4) is 0 Å². The van der Waals surface area contributed by atoms with Gasteiger partial charge in [0.25, 0.3) is 0 Å². The molecule has 6 nitrogen and oxygen atoms in total. The number of pyridine rings is 1. The van der Waals surface area contributed by atoms with Crippen LogP contribution in [-0.2, 0) is 0 Å². The van der Waals surface area contributed by atoms with Crippen molar-refractivity contribution in [1.29, 1.82) is 0 Å². The monoisotopic (exact) mass is 657 g/mol. The van der Waals surface area contributed by atoms with Crippen LogP contribution in [0, 0.1) is 11.8 Å². The van der Waals surface area contributed by atoms with Crippen molar-refractivity contribution >= 4 is 57.1 Å². The van der Waals surface area contributed by atoms with Gasteiger partial charge in [0, 0.05) is 39.2 Å². The van der Waals surface area contributed by atoms with Gasteiger partial charge in [-0.2, -0.15) is 0 Å². The lowest BCUT2D eigenvalue weighted by Gasteiger charge is -2.31. The zero-order chi connectivity index (χ0) is 26.7. The minimum Gasteiger partial charge on any atom is -0.359 e. The Labute approximate surface area is 244 Å². The van der Waals surface area contributed by atoms with Gasteiger partial charge in [-0.05, 0) is 98.6 Å². The van der Waals surface area contributed by atoms with Crippen LogP contribution in [0.25, 0.3) is 5.57 Å². The van der Waals surface area contributed by atoms with Crippen molar-refractivity contribution < 1.29 is 5.11 Å². The van der Waals surface area contributed by atoms with Crippen LogP contribution < -0.4 is 21.3 Å². The molecular formula is C28H38Cl2IN5O. The predicted molar refractivity (Wildman–Crippen MR) is 165 cm³/mol. The fourth-order valence-electron chi connectivity index (χ4n) is 4.47. The molecule has 3 atom stereocenters. The van der Waals surface area contributed by atoms with Crippen LogP contribution in [0.5, 0.6) is 0 Å². The van der Waals surface area contributed by atoms with Gasteiger partial charge in [-0.25, -0.2) is 0 Å². The van der Waals surface area contributed by atoms with Gasteiger partial charge < -0.3 is 21.1 Å². The van der Waals surface area contributed by atoms with Crippen molar-refractivity contribution in [2.24, 2.45) is 11.8 Å². The van der Waals surface area contributed by atoms with Crippen LogP contribution in [-0.4, -0.2) is 46.7 Å². The Morgan fingerprint density at radius 2 is 1.92 bits per heavy atom. The second-order valence-electron chi connectivity index (χ2n) is 9.64. The maximum atomic E-state index is 11.1. The molecule has 202 valence electrons. The number of alkyl halides is 1. The first kappa shape index (κ1) is 30.3. The summed E-state index contributed by atoms with van der Waals surface area (Å²) in [5.74, 6) is -0.693. The van der Waals surface area contributed by atoms with Crippen molar-refractivity contribution in [1.82, 2.24) is 20.9 Å². The van der Waals surface area contributed by atoms with Gasteiger partial charge >= 0.3 is 0 Å². The maximum absolute atomic E-state index is 11.1. The highest BCUT2D eigenvalue weighted by atomic mass is 127. The summed E-state index contributed by atoms with van der Waals surface area (Å²) in [6.45, 7) is 7.46. The van der Waals surface area contributed by atoms with E-state index in [1.807, 2.05) is 18.5 Å². The molecule has 5 N–H and O–H groups in total. The third-order valence-corrected chi connectivity index (χ3v) is 7.42. The van der Waals surface area contributed by atoms with E-state index >= 15 is 0 Å². The summed E-state index contributed by atoms with van der Waals surface area (Å²) in [5, 5.41) is 25.5. The molecule has 0 saturated carbocycles. The average molecular weight is 658 g/mol. The Hall–Kier alpha value is -1.20. The average Bonchev–Trinajstić information content (AvgIpc) is 2.85. The highest BCUT2D eigenvalue weighted by Gasteiger charge is 2.25. The fourth-order valence-corrected chi connectivity index (χ4v) is 5.38. The Morgan fingerprint density at radius 3 is 2.62 bits per heavy atom. The van der Waals surface area contributed by atoms with E-state index in [4.69, 9.17) is 23.2 Å². The summed E-state index contributed by atoms with van der Waals surface area (Å²) in [5.41, 5.74) is 4.42. The van der Waals surface area contributed by atoms with Crippen molar-refractivity contribution in [3.8, 4) is 0 Å². The van der Waals surface area contributed by atoms with Gasteiger partial charge in [0.15, 0.2) is 5.85 Å². The van der Waals surface area contributed by atoms with Crippen molar-refractivity contribution in [2.75, 3.05) is 36.0 Å². The zero-order valence-corrected chi connectivity index (χ0v) is 25.2. The number of aliphatic hydroxyl groups is 1. The number of rotatable bonds is 15. The normalized spacial score (nSPS) is 18.1. The molecule has 0 spiro atoms. The molecule has 3 rings (SSSR count). The molecular weight excluding hydrogens is 620 g/mol. The molecule has 1 heterocycles. The molecule has 1 aromatic carbocycles. The smallest absolute Gasteiger partial charge is 0.189 e. The van der Waals surface area contributed by atoms with Crippen molar-refractivity contribution in [3.05, 3.63) is 76.1 Å². The van der Waals surface area contributed by atoms with E-state index in [0.717, 1.165) is 43.4 Å². The van der Waals surface area contributed by atoms with Crippen LogP contribution in [0.4, 0.5) is 5.69 Å². The molecule has 0 aliphatic heterocycles. The minimum atomic E-state index is -1.34. The van der Waals surface area contributed by atoms with Crippen LogP contribution in [0.1, 0.15) is 38.7 Å². The highest BCUT2D eigenvalue weighted by Crippen LogP contribution is 2.34. The summed E-state index contributed by atoms with van der Waals surface area (Å²) >= 11 is 14.6. The first-order chi connectivity index (χ1) is 17.8. The van der Waals surface area contributed by atoms with E-state index < -0.39 is 5.85 Å². The lowest BCUT2D eigenvalue weighted by molar-refractivity contribution is 0.0500. The van der Waals surface area contributed by atoms with E-state index in [-0.39, 0.29) is 5.92 Å². The van der Waals surface area contributed by atoms with Gasteiger partial charge in [0.1, 0.15) is 0 Å². The van der Waals surface area contributed by atoms with Gasteiger partial charge in [0.2, 0.25) is 0 Å². The first-order valence-electron chi connectivity index (χ1n) is 12.8. The van der Waals surface area contributed by atoms with Gasteiger partial charge in [-0.3, -0.25) is 10.3 Å². The summed E-state index contributed by atoms with van der Waals surface area (Å²) < 4.78 is 0.971. The molecule has 3 unspecified atom stereocenters. The molecule has 1 aliphatic carbocycles. The third kappa shape index (κ3) is 10.5. The lowest BCUT2D eigenvalue weighted by atomic mass is 9.81. The summed E-state index contributed by atoms with van der Waals surface area (Å²) in [4.78, 5) is 4.33. The number of nitrogens with zero attached hydrogens (tertiary/aromatic N) is 1. The van der Waals surface area contributed by atoms with Gasteiger partial charge in [0.05, 0.1) is 0 Å². The van der Waals surface area contributed by atoms with Crippen LogP contribution in [0.2, 0.25) is 10.0 Å². The second kappa shape index (κ2) is 15.4. The Morgan fingerprint density at radius 1 is 1.16 bits per heavy atom. The molecule has 0 amide bonds. The molecule has 9 heteroatoms. The molecule has 0 radical (unpaired) electrons. The van der Waals surface area contributed by atoms with E-state index in [1.54, 1.807) is 25.1 Å². The zero-order valence-electron chi connectivity index (χ0n) is 21.5. The van der Waals surface area contributed by atoms with Gasteiger partial charge in [-0.15, -0.1) is 0 Å². The third-order valence-electron chi connectivity index (χ3n) is 6.44. The minimum absolute atomic E-state index is 0.218. The Balaban J connectivity index is 1.69. The SMILES string of the molecule is CC1CC=C(C(CCNCCCNCI)CNC(C)(O)Nc2cc(Cl)cc(Cl)c2)C=C1c1cccnc1. The van der Waals surface area contributed by atoms with E-state index in [9.17, 15) is 5.11 Å². The maximum Gasteiger partial charge on any atom is 0.189 e. The predicted octanol–water partition coefficient (Wildman–Crippen LogP) is 6.07. The van der Waals surface area contributed by atoms with E-state index in [2.05, 4.69) is 74.0 Å². The molecule has 2 aromatic rings. The first-order valence-corrected chi connectivity index (χ1v) is 15.1. The summed E-state index contributed by atoms with van der Waals surface area (Å²) in [7, 11) is 0. The van der Waals surface area contributed by atoms with Crippen LogP contribution in [0.15, 0.2) is 60.5 Å². The molecule has 0 fully saturated rings.